The molecule has 96 valence electrons. The summed E-state index contributed by atoms with van der Waals surface area (Å²) in [5.74, 6) is 0. The van der Waals surface area contributed by atoms with Crippen molar-refractivity contribution in [2.45, 2.75) is 13.3 Å². The van der Waals surface area contributed by atoms with Crippen molar-refractivity contribution in [3.8, 4) is 0 Å². The van der Waals surface area contributed by atoms with E-state index in [2.05, 4.69) is 35.4 Å². The number of hydrogen-bond donors (Lipinski definition) is 0. The maximum atomic E-state index is 4.24. The average Bonchev–Trinajstić information content (AvgIpc) is 2.90. The molecule has 0 aliphatic rings. The number of rotatable bonds is 3. The largest absolute Gasteiger partial charge is 0.266 e. The minimum Gasteiger partial charge on any atom is -0.266 e. The Balaban J connectivity index is 2.11. The second-order valence-electron chi connectivity index (χ2n) is 4.47. The number of para-hydroxylation sites is 2. The van der Waals surface area contributed by atoms with Crippen LogP contribution in [0.4, 0.5) is 5.69 Å². The molecule has 0 unspecified atom stereocenters. The van der Waals surface area contributed by atoms with Gasteiger partial charge in [0.2, 0.25) is 0 Å². The fraction of sp³-hybridized carbons (Fsp3) is 0.200. The van der Waals surface area contributed by atoms with Gasteiger partial charge in [0.25, 0.3) is 0 Å². The molecule has 1 heterocycles. The van der Waals surface area contributed by atoms with Crippen LogP contribution < -0.4 is 5.01 Å². The Morgan fingerprint density at radius 2 is 1.79 bits per heavy atom. The molecule has 3 aromatic rings. The van der Waals surface area contributed by atoms with Crippen molar-refractivity contribution < 1.29 is 0 Å². The third-order valence-electron chi connectivity index (χ3n) is 3.34. The first-order chi connectivity index (χ1) is 9.31. The standard InChI is InChI=1S/C15H16N4/c1-3-12-8-4-6-10-14(12)18(2)19-15-11-7-5-9-13(15)16-17-19/h4-11H,3H2,1-2H3. The molecule has 0 amide bonds. The van der Waals surface area contributed by atoms with Gasteiger partial charge in [-0.1, -0.05) is 37.3 Å². The zero-order valence-electron chi connectivity index (χ0n) is 11.1. The van der Waals surface area contributed by atoms with E-state index in [4.69, 9.17) is 0 Å². The van der Waals surface area contributed by atoms with Crippen molar-refractivity contribution in [2.24, 2.45) is 0 Å². The molecule has 0 radical (unpaired) electrons. The van der Waals surface area contributed by atoms with Gasteiger partial charge < -0.3 is 0 Å². The highest BCUT2D eigenvalue weighted by molar-refractivity contribution is 5.75. The van der Waals surface area contributed by atoms with Crippen molar-refractivity contribution in [2.75, 3.05) is 12.1 Å². The van der Waals surface area contributed by atoms with Crippen LogP contribution in [0.25, 0.3) is 11.0 Å². The molecule has 0 saturated heterocycles. The Morgan fingerprint density at radius 3 is 2.63 bits per heavy atom. The monoisotopic (exact) mass is 252 g/mol. The van der Waals surface area contributed by atoms with Gasteiger partial charge in [-0.15, -0.1) is 5.10 Å². The SMILES string of the molecule is CCc1ccccc1N(C)n1nnc2ccccc21. The first-order valence-corrected chi connectivity index (χ1v) is 6.43. The maximum absolute atomic E-state index is 4.24. The number of aromatic nitrogens is 3. The molecule has 0 fully saturated rings. The summed E-state index contributed by atoms with van der Waals surface area (Å²) in [6.07, 6.45) is 0.993. The van der Waals surface area contributed by atoms with E-state index in [9.17, 15) is 0 Å². The van der Waals surface area contributed by atoms with Crippen molar-refractivity contribution >= 4 is 16.7 Å². The van der Waals surface area contributed by atoms with Crippen LogP contribution in [0.15, 0.2) is 48.5 Å². The van der Waals surface area contributed by atoms with E-state index in [0.29, 0.717) is 0 Å². The Hall–Kier alpha value is -2.36. The summed E-state index contributed by atoms with van der Waals surface area (Å²) in [6.45, 7) is 2.16. The molecule has 4 heteroatoms. The summed E-state index contributed by atoms with van der Waals surface area (Å²) in [4.78, 5) is 1.84. The van der Waals surface area contributed by atoms with E-state index in [1.54, 1.807) is 0 Å². The van der Waals surface area contributed by atoms with Gasteiger partial charge in [-0.25, -0.2) is 0 Å². The third kappa shape index (κ3) is 1.95. The molecule has 0 spiro atoms. The van der Waals surface area contributed by atoms with Crippen LogP contribution in [0.5, 0.6) is 0 Å². The van der Waals surface area contributed by atoms with E-state index in [1.807, 2.05) is 47.2 Å². The summed E-state index contributed by atoms with van der Waals surface area (Å²) in [6, 6.07) is 16.3. The lowest BCUT2D eigenvalue weighted by atomic mass is 10.1. The zero-order valence-corrected chi connectivity index (χ0v) is 11.1. The smallest absolute Gasteiger partial charge is 0.115 e. The molecule has 0 atom stereocenters. The summed E-state index contributed by atoms with van der Waals surface area (Å²) >= 11 is 0. The molecule has 0 bridgehead atoms. The number of nitrogens with zero attached hydrogens (tertiary/aromatic N) is 4. The average molecular weight is 252 g/mol. The van der Waals surface area contributed by atoms with Crippen LogP contribution in [-0.2, 0) is 6.42 Å². The fourth-order valence-electron chi connectivity index (χ4n) is 2.31. The zero-order chi connectivity index (χ0) is 13.2. The van der Waals surface area contributed by atoms with E-state index in [1.165, 1.54) is 5.56 Å². The van der Waals surface area contributed by atoms with Gasteiger partial charge in [-0.2, -0.15) is 4.79 Å². The summed E-state index contributed by atoms with van der Waals surface area (Å²) in [5, 5.41) is 10.5. The topological polar surface area (TPSA) is 34.0 Å². The lowest BCUT2D eigenvalue weighted by Crippen LogP contribution is -2.26. The van der Waals surface area contributed by atoms with Gasteiger partial charge in [0, 0.05) is 7.05 Å². The predicted molar refractivity (Wildman–Crippen MR) is 77.1 cm³/mol. The van der Waals surface area contributed by atoms with Crippen LogP contribution in [0.1, 0.15) is 12.5 Å². The summed E-state index contributed by atoms with van der Waals surface area (Å²) < 4.78 is 0. The Kier molecular flexibility index (Phi) is 2.91. The van der Waals surface area contributed by atoms with Crippen LogP contribution >= 0.6 is 0 Å². The third-order valence-corrected chi connectivity index (χ3v) is 3.34. The Morgan fingerprint density at radius 1 is 1.05 bits per heavy atom. The lowest BCUT2D eigenvalue weighted by Gasteiger charge is -2.21. The van der Waals surface area contributed by atoms with Crippen molar-refractivity contribution in [3.63, 3.8) is 0 Å². The van der Waals surface area contributed by atoms with Gasteiger partial charge >= 0.3 is 0 Å². The van der Waals surface area contributed by atoms with Gasteiger partial charge in [0.05, 0.1) is 5.69 Å². The maximum Gasteiger partial charge on any atom is 0.115 e. The Labute approximate surface area is 112 Å². The van der Waals surface area contributed by atoms with E-state index < -0.39 is 0 Å². The van der Waals surface area contributed by atoms with Crippen LogP contribution in [0.2, 0.25) is 0 Å². The van der Waals surface area contributed by atoms with Crippen LogP contribution in [0.3, 0.4) is 0 Å². The van der Waals surface area contributed by atoms with E-state index in [0.717, 1.165) is 23.1 Å². The van der Waals surface area contributed by atoms with Crippen LogP contribution in [0, 0.1) is 0 Å². The Bertz CT molecular complexity index is 702. The van der Waals surface area contributed by atoms with Gasteiger partial charge in [-0.3, -0.25) is 5.01 Å². The molecule has 19 heavy (non-hydrogen) atoms. The van der Waals surface area contributed by atoms with Crippen LogP contribution in [-0.4, -0.2) is 22.2 Å². The summed E-state index contributed by atoms with van der Waals surface area (Å²) in [7, 11) is 2.01. The van der Waals surface area contributed by atoms with E-state index in [-0.39, 0.29) is 0 Å². The van der Waals surface area contributed by atoms with Gasteiger partial charge in [-0.05, 0) is 35.4 Å². The molecular formula is C15H16N4. The number of aryl methyl sites for hydroxylation is 1. The quantitative estimate of drug-likeness (QED) is 0.718. The first-order valence-electron chi connectivity index (χ1n) is 6.43. The van der Waals surface area contributed by atoms with Gasteiger partial charge in [0.1, 0.15) is 11.0 Å². The highest BCUT2D eigenvalue weighted by atomic mass is 15.7. The number of benzene rings is 2. The lowest BCUT2D eigenvalue weighted by molar-refractivity contribution is 0.654. The number of hydrogen-bond acceptors (Lipinski definition) is 3. The second kappa shape index (κ2) is 4.72. The molecule has 0 aliphatic heterocycles. The van der Waals surface area contributed by atoms with Crippen molar-refractivity contribution in [1.82, 2.24) is 15.1 Å². The predicted octanol–water partition coefficient (Wildman–Crippen LogP) is 2.89. The van der Waals surface area contributed by atoms with Crippen molar-refractivity contribution in [3.05, 3.63) is 54.1 Å². The number of anilines is 1. The molecule has 0 aliphatic carbocycles. The second-order valence-corrected chi connectivity index (χ2v) is 4.47. The molecule has 4 nitrogen and oxygen atoms in total. The molecule has 0 N–H and O–H groups in total. The molecule has 1 aromatic heterocycles. The normalized spacial score (nSPS) is 10.8. The van der Waals surface area contributed by atoms with E-state index >= 15 is 0 Å². The molecular weight excluding hydrogens is 236 g/mol. The molecule has 3 rings (SSSR count). The summed E-state index contributed by atoms with van der Waals surface area (Å²) in [5.41, 5.74) is 4.37. The minimum absolute atomic E-state index is 0.906. The molecule has 2 aromatic carbocycles. The fourth-order valence-corrected chi connectivity index (χ4v) is 2.31. The van der Waals surface area contributed by atoms with Crippen molar-refractivity contribution in [1.29, 1.82) is 0 Å². The highest BCUT2D eigenvalue weighted by Crippen LogP contribution is 2.21. The highest BCUT2D eigenvalue weighted by Gasteiger charge is 2.11. The minimum atomic E-state index is 0.906. The number of fused-ring (bicyclic) bond motifs is 1. The molecule has 0 saturated carbocycles. The first kappa shape index (κ1) is 11.7. The van der Waals surface area contributed by atoms with Gasteiger partial charge in [0.15, 0.2) is 0 Å².